The van der Waals surface area contributed by atoms with E-state index >= 15 is 0 Å². The number of aryl methyl sites for hydroxylation is 1. The van der Waals surface area contributed by atoms with Crippen molar-refractivity contribution in [2.75, 3.05) is 0 Å². The van der Waals surface area contributed by atoms with Gasteiger partial charge in [0.2, 0.25) is 5.69 Å². The Kier molecular flexibility index (Phi) is 3.95. The minimum atomic E-state index is -0.225. The van der Waals surface area contributed by atoms with Gasteiger partial charge in [-0.25, -0.2) is 4.39 Å². The number of halogens is 2. The molecule has 1 aromatic heterocycles. The molecule has 0 radical (unpaired) electrons. The maximum atomic E-state index is 13.1. The summed E-state index contributed by atoms with van der Waals surface area (Å²) in [6.45, 7) is 2.06. The van der Waals surface area contributed by atoms with Gasteiger partial charge in [-0.3, -0.25) is 0 Å². The van der Waals surface area contributed by atoms with Gasteiger partial charge in [0.1, 0.15) is 12.9 Å². The third kappa shape index (κ3) is 2.88. The Hall–Kier alpha value is -2.19. The molecule has 3 rings (SSSR count). The van der Waals surface area contributed by atoms with Crippen molar-refractivity contribution in [3.05, 3.63) is 77.2 Å². The molecule has 0 saturated carbocycles. The minimum absolute atomic E-state index is 0.225. The van der Waals surface area contributed by atoms with Crippen molar-refractivity contribution in [3.8, 4) is 22.4 Å². The normalized spacial score (nSPS) is 10.7. The van der Waals surface area contributed by atoms with Gasteiger partial charge in [-0.05, 0) is 47.5 Å². The van der Waals surface area contributed by atoms with E-state index < -0.39 is 0 Å². The first-order valence-corrected chi connectivity index (χ1v) is 7.45. The van der Waals surface area contributed by atoms with Crippen LogP contribution in [0.4, 0.5) is 4.39 Å². The topological polar surface area (TPSA) is 3.88 Å². The quantitative estimate of drug-likeness (QED) is 0.590. The van der Waals surface area contributed by atoms with Crippen molar-refractivity contribution in [3.63, 3.8) is 0 Å². The van der Waals surface area contributed by atoms with Gasteiger partial charge in [-0.15, -0.1) is 0 Å². The second-order valence-corrected chi connectivity index (χ2v) is 5.78. The van der Waals surface area contributed by atoms with Crippen LogP contribution in [-0.4, -0.2) is 0 Å². The molecule has 0 bridgehead atoms. The number of hydrogen-bond acceptors (Lipinski definition) is 0. The van der Waals surface area contributed by atoms with Crippen LogP contribution >= 0.6 is 11.6 Å². The van der Waals surface area contributed by atoms with Crippen LogP contribution in [0, 0.1) is 12.7 Å². The number of benzene rings is 2. The summed E-state index contributed by atoms with van der Waals surface area (Å²) in [7, 11) is 2.01. The van der Waals surface area contributed by atoms with Gasteiger partial charge in [0.25, 0.3) is 0 Å². The van der Waals surface area contributed by atoms with E-state index in [2.05, 4.69) is 23.6 Å². The molecule has 0 unspecified atom stereocenters. The zero-order valence-electron chi connectivity index (χ0n) is 12.5. The van der Waals surface area contributed by atoms with Gasteiger partial charge in [-0.2, -0.15) is 4.57 Å². The van der Waals surface area contributed by atoms with E-state index in [1.165, 1.54) is 12.1 Å². The van der Waals surface area contributed by atoms with Gasteiger partial charge >= 0.3 is 0 Å². The summed E-state index contributed by atoms with van der Waals surface area (Å²) in [6.07, 6.45) is 0. The fourth-order valence-corrected chi connectivity index (χ4v) is 2.63. The average molecular weight is 313 g/mol. The zero-order chi connectivity index (χ0) is 15.7. The monoisotopic (exact) mass is 312 g/mol. The Balaban J connectivity index is 2.14. The molecule has 3 aromatic rings. The molecule has 0 spiro atoms. The van der Waals surface area contributed by atoms with Gasteiger partial charge in [0, 0.05) is 29.6 Å². The summed E-state index contributed by atoms with van der Waals surface area (Å²) in [5, 5.41) is 0.723. The van der Waals surface area contributed by atoms with Gasteiger partial charge < -0.3 is 0 Å². The molecule has 2 aromatic carbocycles. The second-order valence-electron chi connectivity index (χ2n) is 5.34. The van der Waals surface area contributed by atoms with Crippen molar-refractivity contribution in [1.82, 2.24) is 0 Å². The molecular weight excluding hydrogens is 297 g/mol. The Labute approximate surface area is 134 Å². The van der Waals surface area contributed by atoms with E-state index in [-0.39, 0.29) is 5.82 Å². The number of nitrogens with zero attached hydrogens (tertiary/aromatic N) is 1. The third-order valence-electron chi connectivity index (χ3n) is 3.86. The van der Waals surface area contributed by atoms with Crippen molar-refractivity contribution in [1.29, 1.82) is 0 Å². The lowest BCUT2D eigenvalue weighted by Crippen LogP contribution is -2.34. The van der Waals surface area contributed by atoms with E-state index in [9.17, 15) is 4.39 Å². The molecular formula is C19H16ClFN+. The number of aromatic nitrogens is 1. The molecule has 0 aliphatic carbocycles. The van der Waals surface area contributed by atoms with Crippen LogP contribution in [0.25, 0.3) is 22.4 Å². The predicted molar refractivity (Wildman–Crippen MR) is 88.2 cm³/mol. The summed E-state index contributed by atoms with van der Waals surface area (Å²) in [6, 6.07) is 18.6. The highest BCUT2D eigenvalue weighted by atomic mass is 35.5. The minimum Gasteiger partial charge on any atom is -0.207 e. The van der Waals surface area contributed by atoms with Gasteiger partial charge in [0.05, 0.1) is 0 Å². The first-order valence-electron chi connectivity index (χ1n) is 7.07. The first-order chi connectivity index (χ1) is 10.5. The fourth-order valence-electron chi connectivity index (χ4n) is 2.50. The molecule has 3 heteroatoms. The highest BCUT2D eigenvalue weighted by Gasteiger charge is 2.15. The van der Waals surface area contributed by atoms with Crippen molar-refractivity contribution in [2.45, 2.75) is 6.92 Å². The van der Waals surface area contributed by atoms with E-state index in [0.717, 1.165) is 33.1 Å². The SMILES string of the molecule is Cc1cc(-c2ccc(Cl)cc2)cc(-c2ccc(F)cc2)[n+]1C. The van der Waals surface area contributed by atoms with Gasteiger partial charge in [-0.1, -0.05) is 23.7 Å². The van der Waals surface area contributed by atoms with E-state index in [0.29, 0.717) is 0 Å². The molecule has 0 N–H and O–H groups in total. The summed E-state index contributed by atoms with van der Waals surface area (Å²) in [4.78, 5) is 0. The smallest absolute Gasteiger partial charge is 0.207 e. The van der Waals surface area contributed by atoms with Crippen LogP contribution in [0.5, 0.6) is 0 Å². The lowest BCUT2D eigenvalue weighted by Gasteiger charge is -2.08. The summed E-state index contributed by atoms with van der Waals surface area (Å²) in [5.74, 6) is -0.225. The molecule has 0 atom stereocenters. The third-order valence-corrected chi connectivity index (χ3v) is 4.12. The molecule has 0 fully saturated rings. The summed E-state index contributed by atoms with van der Waals surface area (Å²) in [5.41, 5.74) is 5.39. The first kappa shape index (κ1) is 14.7. The van der Waals surface area contributed by atoms with Crippen LogP contribution in [0.3, 0.4) is 0 Å². The number of rotatable bonds is 2. The molecule has 0 aliphatic heterocycles. The Morgan fingerprint density at radius 2 is 1.41 bits per heavy atom. The van der Waals surface area contributed by atoms with Crippen molar-refractivity contribution < 1.29 is 8.96 Å². The van der Waals surface area contributed by atoms with Crippen molar-refractivity contribution >= 4 is 11.6 Å². The van der Waals surface area contributed by atoms with Crippen LogP contribution in [0.2, 0.25) is 5.02 Å². The maximum absolute atomic E-state index is 13.1. The zero-order valence-corrected chi connectivity index (χ0v) is 13.2. The van der Waals surface area contributed by atoms with Crippen LogP contribution in [-0.2, 0) is 7.05 Å². The number of hydrogen-bond donors (Lipinski definition) is 0. The molecule has 1 nitrogen and oxygen atoms in total. The Morgan fingerprint density at radius 3 is 2.05 bits per heavy atom. The van der Waals surface area contributed by atoms with E-state index in [1.54, 1.807) is 12.1 Å². The Morgan fingerprint density at radius 1 is 0.818 bits per heavy atom. The molecule has 1 heterocycles. The predicted octanol–water partition coefficient (Wildman–Crippen LogP) is 4.95. The van der Waals surface area contributed by atoms with E-state index in [1.807, 2.05) is 31.3 Å². The van der Waals surface area contributed by atoms with Crippen LogP contribution < -0.4 is 4.57 Å². The van der Waals surface area contributed by atoms with Crippen LogP contribution in [0.15, 0.2) is 60.7 Å². The molecule has 0 saturated heterocycles. The fraction of sp³-hybridized carbons (Fsp3) is 0.105. The standard InChI is InChI=1S/C19H16ClFN/c1-13-11-16(14-3-7-17(20)8-4-14)12-19(22(13)2)15-5-9-18(21)10-6-15/h3-12H,1-2H3/q+1. The van der Waals surface area contributed by atoms with Gasteiger partial charge in [0.15, 0.2) is 5.69 Å². The second kappa shape index (κ2) is 5.90. The molecule has 0 amide bonds. The summed E-state index contributed by atoms with van der Waals surface area (Å²) >= 11 is 5.96. The molecule has 0 aliphatic rings. The Bertz CT molecular complexity index is 808. The van der Waals surface area contributed by atoms with E-state index in [4.69, 9.17) is 11.6 Å². The highest BCUT2D eigenvalue weighted by molar-refractivity contribution is 6.30. The highest BCUT2D eigenvalue weighted by Crippen LogP contribution is 2.26. The molecule has 22 heavy (non-hydrogen) atoms. The average Bonchev–Trinajstić information content (AvgIpc) is 2.52. The largest absolute Gasteiger partial charge is 0.213 e. The summed E-state index contributed by atoms with van der Waals surface area (Å²) < 4.78 is 15.2. The lowest BCUT2D eigenvalue weighted by atomic mass is 10.0. The molecule has 110 valence electrons. The van der Waals surface area contributed by atoms with Crippen LogP contribution in [0.1, 0.15) is 5.69 Å². The number of pyridine rings is 1. The van der Waals surface area contributed by atoms with Crippen molar-refractivity contribution in [2.24, 2.45) is 7.05 Å². The maximum Gasteiger partial charge on any atom is 0.213 e. The lowest BCUT2D eigenvalue weighted by molar-refractivity contribution is -0.666.